The van der Waals surface area contributed by atoms with Crippen LogP contribution in [0.25, 0.3) is 11.3 Å². The quantitative estimate of drug-likeness (QED) is 0.798. The first-order valence-electron chi connectivity index (χ1n) is 5.53. The summed E-state index contributed by atoms with van der Waals surface area (Å²) in [4.78, 5) is 13.2. The summed E-state index contributed by atoms with van der Waals surface area (Å²) >= 11 is 5.87. The van der Waals surface area contributed by atoms with Crippen LogP contribution in [0, 0.1) is 0 Å². The van der Waals surface area contributed by atoms with Gasteiger partial charge in [-0.1, -0.05) is 11.6 Å². The summed E-state index contributed by atoms with van der Waals surface area (Å²) in [6.07, 6.45) is -3.35. The molecule has 0 unspecified atom stereocenters. The molecule has 0 saturated heterocycles. The van der Waals surface area contributed by atoms with E-state index in [1.165, 1.54) is 12.1 Å². The molecule has 2 rings (SSSR count). The maximum atomic E-state index is 12.4. The highest BCUT2D eigenvalue weighted by Crippen LogP contribution is 2.29. The Hall–Kier alpha value is -1.89. The fourth-order valence-electron chi connectivity index (χ4n) is 1.47. The molecule has 0 N–H and O–H groups in total. The van der Waals surface area contributed by atoms with Crippen LogP contribution in [0.2, 0.25) is 5.15 Å². The summed E-state index contributed by atoms with van der Waals surface area (Å²) in [7, 11) is 3.47. The van der Waals surface area contributed by atoms with Crippen LogP contribution < -0.4 is 4.90 Å². The van der Waals surface area contributed by atoms with E-state index in [4.69, 9.17) is 11.6 Å². The van der Waals surface area contributed by atoms with Crippen molar-refractivity contribution in [2.75, 3.05) is 19.0 Å². The molecule has 2 heterocycles. The third kappa shape index (κ3) is 3.16. The highest BCUT2D eigenvalue weighted by atomic mass is 35.5. The van der Waals surface area contributed by atoms with Crippen LogP contribution in [0.1, 0.15) is 5.69 Å². The van der Waals surface area contributed by atoms with Gasteiger partial charge in [-0.15, -0.1) is 0 Å². The maximum absolute atomic E-state index is 12.4. The molecule has 2 aromatic rings. The van der Waals surface area contributed by atoms with Gasteiger partial charge in [-0.05, 0) is 12.1 Å². The molecule has 0 aromatic carbocycles. The van der Waals surface area contributed by atoms with E-state index in [2.05, 4.69) is 15.0 Å². The van der Waals surface area contributed by atoms with E-state index in [-0.39, 0.29) is 5.15 Å². The first-order chi connectivity index (χ1) is 9.27. The van der Waals surface area contributed by atoms with Crippen LogP contribution in [-0.4, -0.2) is 29.0 Å². The fourth-order valence-corrected chi connectivity index (χ4v) is 1.65. The smallest absolute Gasteiger partial charge is 0.347 e. The minimum Gasteiger partial charge on any atom is -0.347 e. The van der Waals surface area contributed by atoms with Crippen LogP contribution in [-0.2, 0) is 6.18 Å². The van der Waals surface area contributed by atoms with Crippen LogP contribution in [0.3, 0.4) is 0 Å². The number of nitrogens with zero attached hydrogens (tertiary/aromatic N) is 4. The Morgan fingerprint density at radius 2 is 1.85 bits per heavy atom. The molecule has 0 saturated carbocycles. The van der Waals surface area contributed by atoms with Crippen molar-refractivity contribution < 1.29 is 13.2 Å². The molecular weight excluding hydrogens is 293 g/mol. The monoisotopic (exact) mass is 302 g/mol. The van der Waals surface area contributed by atoms with Crippen molar-refractivity contribution in [1.82, 2.24) is 15.0 Å². The van der Waals surface area contributed by atoms with Crippen molar-refractivity contribution >= 4 is 17.5 Å². The first-order valence-corrected chi connectivity index (χ1v) is 5.90. The summed E-state index contributed by atoms with van der Waals surface area (Å²) in [5.74, 6) is 0.368. The van der Waals surface area contributed by atoms with Crippen molar-refractivity contribution in [3.05, 3.63) is 35.2 Å². The molecule has 0 aliphatic heterocycles. The minimum atomic E-state index is -4.46. The van der Waals surface area contributed by atoms with Crippen LogP contribution in [0.4, 0.5) is 19.1 Å². The van der Waals surface area contributed by atoms with E-state index in [1.807, 2.05) is 0 Å². The van der Waals surface area contributed by atoms with Crippen LogP contribution in [0.15, 0.2) is 24.4 Å². The van der Waals surface area contributed by atoms with Gasteiger partial charge in [0.25, 0.3) is 0 Å². The number of anilines is 1. The van der Waals surface area contributed by atoms with Gasteiger partial charge in [0.2, 0.25) is 5.95 Å². The summed E-state index contributed by atoms with van der Waals surface area (Å²) in [6.45, 7) is 0. The molecule has 0 atom stereocenters. The van der Waals surface area contributed by atoms with Gasteiger partial charge in [0.1, 0.15) is 10.8 Å². The molecule has 0 radical (unpaired) electrons. The Morgan fingerprint density at radius 1 is 1.15 bits per heavy atom. The number of aromatic nitrogens is 3. The topological polar surface area (TPSA) is 41.9 Å². The lowest BCUT2D eigenvalue weighted by atomic mass is 10.2. The van der Waals surface area contributed by atoms with Gasteiger partial charge in [0, 0.05) is 31.9 Å². The highest BCUT2D eigenvalue weighted by Gasteiger charge is 2.32. The Labute approximate surface area is 118 Å². The summed E-state index contributed by atoms with van der Waals surface area (Å²) in [6, 6.07) is 3.67. The molecule has 106 valence electrons. The third-order valence-electron chi connectivity index (χ3n) is 2.43. The summed E-state index contributed by atoms with van der Waals surface area (Å²) in [5.41, 5.74) is -0.102. The molecule has 0 spiro atoms. The molecule has 8 heteroatoms. The standard InChI is InChI=1S/C12H10ClF3N4/c1-20(2)11-18-8(5-10(13)19-11)7-3-4-9(17-6-7)12(14,15)16/h3-6H,1-2H3. The van der Waals surface area contributed by atoms with Crippen molar-refractivity contribution in [3.63, 3.8) is 0 Å². The Bertz CT molecular complexity index is 611. The van der Waals surface area contributed by atoms with Gasteiger partial charge in [-0.25, -0.2) is 9.97 Å². The SMILES string of the molecule is CN(C)c1nc(Cl)cc(-c2ccc(C(F)(F)F)nc2)n1. The van der Waals surface area contributed by atoms with E-state index in [0.717, 1.165) is 12.3 Å². The van der Waals surface area contributed by atoms with Crippen LogP contribution >= 0.6 is 11.6 Å². The van der Waals surface area contributed by atoms with E-state index in [9.17, 15) is 13.2 Å². The minimum absolute atomic E-state index is 0.207. The number of alkyl halides is 3. The number of halogens is 4. The summed E-state index contributed by atoms with van der Waals surface area (Å²) < 4.78 is 37.3. The normalized spacial score (nSPS) is 11.5. The lowest BCUT2D eigenvalue weighted by molar-refractivity contribution is -0.141. The summed E-state index contributed by atoms with van der Waals surface area (Å²) in [5, 5.41) is 0.207. The highest BCUT2D eigenvalue weighted by molar-refractivity contribution is 6.29. The third-order valence-corrected chi connectivity index (χ3v) is 2.63. The van der Waals surface area contributed by atoms with Crippen molar-refractivity contribution in [2.45, 2.75) is 6.18 Å². The van der Waals surface area contributed by atoms with Gasteiger partial charge in [-0.3, -0.25) is 4.98 Å². The molecule has 0 amide bonds. The fraction of sp³-hybridized carbons (Fsp3) is 0.250. The van der Waals surface area contributed by atoms with Gasteiger partial charge >= 0.3 is 6.18 Å². The Balaban J connectivity index is 2.41. The first kappa shape index (κ1) is 14.5. The van der Waals surface area contributed by atoms with E-state index in [1.54, 1.807) is 19.0 Å². The number of hydrogen-bond acceptors (Lipinski definition) is 4. The lowest BCUT2D eigenvalue weighted by Gasteiger charge is -2.12. The average Bonchev–Trinajstić information content (AvgIpc) is 2.37. The second kappa shape index (κ2) is 5.24. The average molecular weight is 303 g/mol. The molecular formula is C12H10ClF3N4. The number of rotatable bonds is 2. The second-order valence-corrected chi connectivity index (χ2v) is 4.59. The molecule has 2 aromatic heterocycles. The predicted molar refractivity (Wildman–Crippen MR) is 69.6 cm³/mol. The Morgan fingerprint density at radius 3 is 2.35 bits per heavy atom. The molecule has 0 aliphatic carbocycles. The lowest BCUT2D eigenvalue weighted by Crippen LogP contribution is -2.13. The van der Waals surface area contributed by atoms with Gasteiger partial charge in [-0.2, -0.15) is 13.2 Å². The van der Waals surface area contributed by atoms with Crippen molar-refractivity contribution in [1.29, 1.82) is 0 Å². The maximum Gasteiger partial charge on any atom is 0.433 e. The largest absolute Gasteiger partial charge is 0.433 e. The van der Waals surface area contributed by atoms with Crippen LogP contribution in [0.5, 0.6) is 0 Å². The van der Waals surface area contributed by atoms with E-state index < -0.39 is 11.9 Å². The van der Waals surface area contributed by atoms with E-state index in [0.29, 0.717) is 17.2 Å². The van der Waals surface area contributed by atoms with Gasteiger partial charge < -0.3 is 4.90 Å². The number of pyridine rings is 1. The van der Waals surface area contributed by atoms with Gasteiger partial charge in [0.05, 0.1) is 5.69 Å². The van der Waals surface area contributed by atoms with Crippen molar-refractivity contribution in [2.24, 2.45) is 0 Å². The van der Waals surface area contributed by atoms with E-state index >= 15 is 0 Å². The molecule has 20 heavy (non-hydrogen) atoms. The molecule has 4 nitrogen and oxygen atoms in total. The zero-order valence-electron chi connectivity index (χ0n) is 10.6. The zero-order chi connectivity index (χ0) is 14.9. The second-order valence-electron chi connectivity index (χ2n) is 4.20. The Kier molecular flexibility index (Phi) is 3.80. The van der Waals surface area contributed by atoms with Gasteiger partial charge in [0.15, 0.2) is 0 Å². The molecule has 0 bridgehead atoms. The molecule has 0 aliphatic rings. The van der Waals surface area contributed by atoms with Crippen molar-refractivity contribution in [3.8, 4) is 11.3 Å². The molecule has 0 fully saturated rings. The number of hydrogen-bond donors (Lipinski definition) is 0. The predicted octanol–water partition coefficient (Wildman–Crippen LogP) is 3.28. The zero-order valence-corrected chi connectivity index (χ0v) is 11.4.